The van der Waals surface area contributed by atoms with Gasteiger partial charge in [0.15, 0.2) is 0 Å². The van der Waals surface area contributed by atoms with Crippen LogP contribution < -0.4 is 10.1 Å². The molecule has 1 aliphatic rings. The van der Waals surface area contributed by atoms with E-state index in [1.807, 2.05) is 0 Å². The number of aliphatic hydroxyl groups is 1. The van der Waals surface area contributed by atoms with E-state index in [1.165, 1.54) is 7.11 Å². The number of piperidine rings is 1. The number of benzene rings is 1. The number of ether oxygens (including phenoxy) is 1. The van der Waals surface area contributed by atoms with Crippen molar-refractivity contribution in [2.45, 2.75) is 25.9 Å². The Bertz CT molecular complexity index is 531. The Morgan fingerprint density at radius 2 is 2.17 bits per heavy atom. The summed E-state index contributed by atoms with van der Waals surface area (Å²) in [5.74, 6) is 0.851. The predicted octanol–water partition coefficient (Wildman–Crippen LogP) is 2.17. The van der Waals surface area contributed by atoms with Gasteiger partial charge in [-0.05, 0) is 44.0 Å². The van der Waals surface area contributed by atoms with Gasteiger partial charge in [-0.3, -0.25) is 4.79 Å². The molecule has 0 bridgehead atoms. The van der Waals surface area contributed by atoms with E-state index < -0.39 is 6.10 Å². The van der Waals surface area contributed by atoms with Gasteiger partial charge in [0.25, 0.3) is 5.91 Å². The highest BCUT2D eigenvalue weighted by atomic mass is 35.5. The normalized spacial score (nSPS) is 17.7. The van der Waals surface area contributed by atoms with Crippen LogP contribution in [0.2, 0.25) is 5.02 Å². The van der Waals surface area contributed by atoms with E-state index in [-0.39, 0.29) is 12.5 Å². The lowest BCUT2D eigenvalue weighted by Crippen LogP contribution is -2.43. The highest BCUT2D eigenvalue weighted by Gasteiger charge is 2.20. The van der Waals surface area contributed by atoms with Crippen LogP contribution in [0.1, 0.15) is 30.1 Å². The number of amides is 1. The molecule has 23 heavy (non-hydrogen) atoms. The van der Waals surface area contributed by atoms with Gasteiger partial charge in [0.05, 0.1) is 23.8 Å². The number of hydrogen-bond acceptors (Lipinski definition) is 4. The molecule has 2 rings (SSSR count). The van der Waals surface area contributed by atoms with Crippen LogP contribution >= 0.6 is 11.6 Å². The van der Waals surface area contributed by atoms with Crippen molar-refractivity contribution in [1.29, 1.82) is 0 Å². The number of likely N-dealkylation sites (tertiary alicyclic amines) is 1. The van der Waals surface area contributed by atoms with Crippen molar-refractivity contribution < 1.29 is 14.6 Å². The van der Waals surface area contributed by atoms with Crippen LogP contribution in [0.5, 0.6) is 5.75 Å². The van der Waals surface area contributed by atoms with Gasteiger partial charge in [-0.2, -0.15) is 0 Å². The minimum absolute atomic E-state index is 0.194. The van der Waals surface area contributed by atoms with Crippen molar-refractivity contribution in [3.05, 3.63) is 28.8 Å². The molecule has 1 aliphatic heterocycles. The lowest BCUT2D eigenvalue weighted by atomic mass is 9.99. The molecule has 0 radical (unpaired) electrons. The SMILES string of the molecule is COc1cccc(Cl)c1C(=O)NCC(O)CN1CCC(C)CC1. The molecule has 1 aromatic carbocycles. The molecule has 1 fully saturated rings. The maximum absolute atomic E-state index is 12.3. The number of aliphatic hydroxyl groups excluding tert-OH is 1. The van der Waals surface area contributed by atoms with Gasteiger partial charge in [-0.1, -0.05) is 24.6 Å². The summed E-state index contributed by atoms with van der Waals surface area (Å²) in [6.45, 7) is 5.03. The van der Waals surface area contributed by atoms with Crippen molar-refractivity contribution in [2.75, 3.05) is 33.3 Å². The summed E-state index contributed by atoms with van der Waals surface area (Å²) < 4.78 is 5.17. The van der Waals surface area contributed by atoms with Crippen LogP contribution in [-0.4, -0.2) is 55.3 Å². The second-order valence-corrected chi connectivity index (χ2v) is 6.57. The van der Waals surface area contributed by atoms with Crippen molar-refractivity contribution in [3.63, 3.8) is 0 Å². The van der Waals surface area contributed by atoms with Crippen LogP contribution in [-0.2, 0) is 0 Å². The van der Waals surface area contributed by atoms with Crippen LogP contribution in [0.25, 0.3) is 0 Å². The minimum atomic E-state index is -0.596. The topological polar surface area (TPSA) is 61.8 Å². The molecule has 1 unspecified atom stereocenters. The molecule has 1 amide bonds. The van der Waals surface area contributed by atoms with Crippen molar-refractivity contribution in [3.8, 4) is 5.75 Å². The number of rotatable bonds is 6. The van der Waals surface area contributed by atoms with Gasteiger partial charge >= 0.3 is 0 Å². The maximum Gasteiger partial charge on any atom is 0.256 e. The van der Waals surface area contributed by atoms with Crippen LogP contribution in [0.15, 0.2) is 18.2 Å². The number of nitrogens with zero attached hydrogens (tertiary/aromatic N) is 1. The minimum Gasteiger partial charge on any atom is -0.496 e. The molecule has 0 aromatic heterocycles. The molecule has 1 atom stereocenters. The predicted molar refractivity (Wildman–Crippen MR) is 91.2 cm³/mol. The molecule has 0 aliphatic carbocycles. The summed E-state index contributed by atoms with van der Waals surface area (Å²) >= 11 is 6.08. The summed E-state index contributed by atoms with van der Waals surface area (Å²) in [6.07, 6.45) is 1.73. The lowest BCUT2D eigenvalue weighted by molar-refractivity contribution is 0.0794. The number of methoxy groups -OCH3 is 1. The molecule has 0 spiro atoms. The van der Waals surface area contributed by atoms with Gasteiger partial charge in [0.1, 0.15) is 5.75 Å². The molecule has 0 saturated carbocycles. The van der Waals surface area contributed by atoms with E-state index in [2.05, 4.69) is 17.1 Å². The fourth-order valence-electron chi connectivity index (χ4n) is 2.80. The highest BCUT2D eigenvalue weighted by Crippen LogP contribution is 2.25. The van der Waals surface area contributed by atoms with E-state index in [0.29, 0.717) is 22.9 Å². The third-order valence-corrected chi connectivity index (χ3v) is 4.58. The van der Waals surface area contributed by atoms with Gasteiger partial charge in [-0.25, -0.2) is 0 Å². The Morgan fingerprint density at radius 3 is 2.83 bits per heavy atom. The van der Waals surface area contributed by atoms with Crippen LogP contribution in [0.4, 0.5) is 0 Å². The van der Waals surface area contributed by atoms with Gasteiger partial charge in [0.2, 0.25) is 0 Å². The van der Waals surface area contributed by atoms with Crippen molar-refractivity contribution in [2.24, 2.45) is 5.92 Å². The fraction of sp³-hybridized carbons (Fsp3) is 0.588. The first-order chi connectivity index (χ1) is 11.0. The standard InChI is InChI=1S/C17H25ClN2O3/c1-12-6-8-20(9-7-12)11-13(21)10-19-17(22)16-14(18)4-3-5-15(16)23-2/h3-5,12-13,21H,6-11H2,1-2H3,(H,19,22). The Balaban J connectivity index is 1.84. The zero-order chi connectivity index (χ0) is 16.8. The molecule has 5 nitrogen and oxygen atoms in total. The summed E-state index contributed by atoms with van der Waals surface area (Å²) in [6, 6.07) is 5.06. The first-order valence-electron chi connectivity index (χ1n) is 8.02. The van der Waals surface area contributed by atoms with Gasteiger partial charge in [0, 0.05) is 13.1 Å². The summed E-state index contributed by atoms with van der Waals surface area (Å²) in [5, 5.41) is 13.2. The number of nitrogens with one attached hydrogen (secondary N) is 1. The summed E-state index contributed by atoms with van der Waals surface area (Å²) in [4.78, 5) is 14.5. The maximum atomic E-state index is 12.3. The molecule has 128 valence electrons. The molecular weight excluding hydrogens is 316 g/mol. The third-order valence-electron chi connectivity index (χ3n) is 4.27. The Hall–Kier alpha value is -1.30. The molecule has 2 N–H and O–H groups in total. The largest absolute Gasteiger partial charge is 0.496 e. The zero-order valence-corrected chi connectivity index (χ0v) is 14.5. The number of hydrogen-bond donors (Lipinski definition) is 2. The second-order valence-electron chi connectivity index (χ2n) is 6.16. The zero-order valence-electron chi connectivity index (χ0n) is 13.7. The molecule has 1 heterocycles. The number of carbonyl (C=O) groups is 1. The Kier molecular flexibility index (Phi) is 6.69. The number of β-amino-alcohol motifs (C(OH)–C–C–N with tert-alkyl or cyclic N) is 1. The van der Waals surface area contributed by atoms with Gasteiger partial charge in [-0.15, -0.1) is 0 Å². The first kappa shape index (κ1) is 18.0. The third kappa shape index (κ3) is 5.09. The van der Waals surface area contributed by atoms with E-state index in [1.54, 1.807) is 18.2 Å². The van der Waals surface area contributed by atoms with E-state index in [9.17, 15) is 9.90 Å². The number of carbonyl (C=O) groups excluding carboxylic acids is 1. The Labute approximate surface area is 142 Å². The first-order valence-corrected chi connectivity index (χ1v) is 8.40. The Morgan fingerprint density at radius 1 is 1.48 bits per heavy atom. The highest BCUT2D eigenvalue weighted by molar-refractivity contribution is 6.34. The average molecular weight is 341 g/mol. The molecule has 1 saturated heterocycles. The smallest absolute Gasteiger partial charge is 0.256 e. The lowest BCUT2D eigenvalue weighted by Gasteiger charge is -2.31. The van der Waals surface area contributed by atoms with E-state index in [4.69, 9.17) is 16.3 Å². The van der Waals surface area contributed by atoms with Gasteiger partial charge < -0.3 is 20.1 Å². The van der Waals surface area contributed by atoms with Crippen molar-refractivity contribution >= 4 is 17.5 Å². The summed E-state index contributed by atoms with van der Waals surface area (Å²) in [5.41, 5.74) is 0.302. The van der Waals surface area contributed by atoms with Crippen molar-refractivity contribution in [1.82, 2.24) is 10.2 Å². The van der Waals surface area contributed by atoms with Crippen LogP contribution in [0, 0.1) is 5.92 Å². The fourth-order valence-corrected chi connectivity index (χ4v) is 3.05. The van der Waals surface area contributed by atoms with Crippen LogP contribution in [0.3, 0.4) is 0 Å². The monoisotopic (exact) mass is 340 g/mol. The van der Waals surface area contributed by atoms with E-state index in [0.717, 1.165) is 31.8 Å². The van der Waals surface area contributed by atoms with E-state index >= 15 is 0 Å². The quantitative estimate of drug-likeness (QED) is 0.833. The summed E-state index contributed by atoms with van der Waals surface area (Å²) in [7, 11) is 1.49. The second kappa shape index (κ2) is 8.52. The molecule has 6 heteroatoms. The number of halogens is 1. The molecular formula is C17H25ClN2O3. The average Bonchev–Trinajstić information content (AvgIpc) is 2.54. The molecule has 1 aromatic rings.